The van der Waals surface area contributed by atoms with Gasteiger partial charge in [-0.05, 0) is 54.1 Å². The highest BCUT2D eigenvalue weighted by Crippen LogP contribution is 2.26. The van der Waals surface area contributed by atoms with E-state index in [4.69, 9.17) is 5.26 Å². The first-order valence-corrected chi connectivity index (χ1v) is 6.76. The molecule has 0 spiro atoms. The van der Waals surface area contributed by atoms with Crippen LogP contribution in [-0.4, -0.2) is 4.98 Å². The van der Waals surface area contributed by atoms with Crippen LogP contribution in [0.25, 0.3) is 10.1 Å². The number of aryl methyl sites for hydroxylation is 1. The third-order valence-electron chi connectivity index (χ3n) is 2.87. The number of nitrogens with one attached hydrogen (secondary N) is 1. The van der Waals surface area contributed by atoms with Crippen molar-refractivity contribution in [2.24, 2.45) is 0 Å². The number of benzene rings is 1. The molecule has 0 amide bonds. The predicted molar refractivity (Wildman–Crippen MR) is 78.8 cm³/mol. The lowest BCUT2D eigenvalue weighted by atomic mass is 10.2. The lowest BCUT2D eigenvalue weighted by Crippen LogP contribution is -1.98. The third kappa shape index (κ3) is 2.28. The van der Waals surface area contributed by atoms with Gasteiger partial charge in [0.1, 0.15) is 11.9 Å². The second kappa shape index (κ2) is 4.71. The van der Waals surface area contributed by atoms with Crippen molar-refractivity contribution in [1.29, 1.82) is 5.26 Å². The minimum atomic E-state index is 0.552. The highest BCUT2D eigenvalue weighted by Gasteiger charge is 2.05. The zero-order chi connectivity index (χ0) is 13.2. The second-order valence-electron chi connectivity index (χ2n) is 4.26. The van der Waals surface area contributed by atoms with Crippen LogP contribution in [0.15, 0.2) is 41.8 Å². The normalized spacial score (nSPS) is 10.3. The molecule has 2 heterocycles. The number of rotatable bonds is 2. The van der Waals surface area contributed by atoms with E-state index in [0.29, 0.717) is 11.4 Å². The fraction of sp³-hybridized carbons (Fsp3) is 0.0667. The smallest absolute Gasteiger partial charge is 0.148 e. The Kier molecular flexibility index (Phi) is 2.90. The molecular formula is C15H11N3S. The molecule has 0 radical (unpaired) electrons. The summed E-state index contributed by atoms with van der Waals surface area (Å²) < 4.78 is 1.25. The maximum Gasteiger partial charge on any atom is 0.148 e. The highest BCUT2D eigenvalue weighted by molar-refractivity contribution is 7.17. The predicted octanol–water partition coefficient (Wildman–Crippen LogP) is 4.22. The molecule has 0 unspecified atom stereocenters. The van der Waals surface area contributed by atoms with E-state index >= 15 is 0 Å². The van der Waals surface area contributed by atoms with Gasteiger partial charge >= 0.3 is 0 Å². The van der Waals surface area contributed by atoms with Crippen molar-refractivity contribution in [2.75, 3.05) is 5.32 Å². The number of nitriles is 1. The summed E-state index contributed by atoms with van der Waals surface area (Å²) in [5.41, 5.74) is 2.38. The molecule has 0 saturated carbocycles. The zero-order valence-corrected chi connectivity index (χ0v) is 11.2. The van der Waals surface area contributed by atoms with Crippen LogP contribution in [0.2, 0.25) is 0 Å². The highest BCUT2D eigenvalue weighted by atomic mass is 32.1. The number of hydrogen-bond donors (Lipinski definition) is 1. The number of anilines is 2. The monoisotopic (exact) mass is 265 g/mol. The van der Waals surface area contributed by atoms with E-state index < -0.39 is 0 Å². The molecule has 0 atom stereocenters. The average Bonchev–Trinajstić information content (AvgIpc) is 2.86. The van der Waals surface area contributed by atoms with Crippen LogP contribution in [-0.2, 0) is 0 Å². The molecule has 4 heteroatoms. The molecule has 2 aromatic heterocycles. The molecular weight excluding hydrogens is 254 g/mol. The van der Waals surface area contributed by atoms with E-state index in [1.54, 1.807) is 17.4 Å². The first-order chi connectivity index (χ1) is 9.26. The first-order valence-electron chi connectivity index (χ1n) is 5.88. The quantitative estimate of drug-likeness (QED) is 0.754. The molecule has 0 aliphatic heterocycles. The summed E-state index contributed by atoms with van der Waals surface area (Å²) in [6.45, 7) is 1.91. The Morgan fingerprint density at radius 1 is 1.21 bits per heavy atom. The van der Waals surface area contributed by atoms with Crippen LogP contribution in [0.5, 0.6) is 0 Å². The van der Waals surface area contributed by atoms with Crippen LogP contribution >= 0.6 is 11.3 Å². The minimum absolute atomic E-state index is 0.552. The van der Waals surface area contributed by atoms with Gasteiger partial charge in [0, 0.05) is 16.1 Å². The Labute approximate surface area is 115 Å². The van der Waals surface area contributed by atoms with E-state index in [-0.39, 0.29) is 0 Å². The van der Waals surface area contributed by atoms with Crippen molar-refractivity contribution in [3.63, 3.8) is 0 Å². The van der Waals surface area contributed by atoms with Crippen LogP contribution in [0.1, 0.15) is 11.3 Å². The third-order valence-corrected chi connectivity index (χ3v) is 3.77. The fourth-order valence-electron chi connectivity index (χ4n) is 1.92. The van der Waals surface area contributed by atoms with E-state index in [0.717, 1.165) is 11.4 Å². The molecule has 0 aliphatic rings. The molecule has 0 fully saturated rings. The van der Waals surface area contributed by atoms with Gasteiger partial charge in [-0.2, -0.15) is 5.26 Å². The van der Waals surface area contributed by atoms with Gasteiger partial charge in [0.15, 0.2) is 0 Å². The number of thiophene rings is 1. The first kappa shape index (κ1) is 11.7. The number of hydrogen-bond acceptors (Lipinski definition) is 4. The molecule has 1 N–H and O–H groups in total. The van der Waals surface area contributed by atoms with Gasteiger partial charge in [0.25, 0.3) is 0 Å². The summed E-state index contributed by atoms with van der Waals surface area (Å²) in [5, 5.41) is 15.6. The van der Waals surface area contributed by atoms with Crippen LogP contribution in [0.4, 0.5) is 11.5 Å². The van der Waals surface area contributed by atoms with Crippen molar-refractivity contribution in [2.45, 2.75) is 6.92 Å². The zero-order valence-electron chi connectivity index (χ0n) is 10.3. The van der Waals surface area contributed by atoms with Gasteiger partial charge in [0.05, 0.1) is 5.56 Å². The number of nitrogens with zero attached hydrogens (tertiary/aromatic N) is 2. The molecule has 92 valence electrons. The molecule has 0 bridgehead atoms. The summed E-state index contributed by atoms with van der Waals surface area (Å²) in [7, 11) is 0. The Morgan fingerprint density at radius 2 is 2.11 bits per heavy atom. The van der Waals surface area contributed by atoms with E-state index in [2.05, 4.69) is 39.9 Å². The second-order valence-corrected chi connectivity index (χ2v) is 5.21. The van der Waals surface area contributed by atoms with Crippen LogP contribution in [0.3, 0.4) is 0 Å². The molecule has 19 heavy (non-hydrogen) atoms. The summed E-state index contributed by atoms with van der Waals surface area (Å²) in [5.74, 6) is 0.608. The number of pyridine rings is 1. The molecule has 1 aromatic carbocycles. The molecule has 3 aromatic rings. The Bertz CT molecular complexity index is 783. The van der Waals surface area contributed by atoms with Crippen molar-refractivity contribution < 1.29 is 0 Å². The number of fused-ring (bicyclic) bond motifs is 1. The van der Waals surface area contributed by atoms with Crippen molar-refractivity contribution >= 4 is 32.9 Å². The van der Waals surface area contributed by atoms with Gasteiger partial charge in [-0.25, -0.2) is 4.98 Å². The average molecular weight is 265 g/mol. The fourth-order valence-corrected chi connectivity index (χ4v) is 2.69. The lowest BCUT2D eigenvalue weighted by molar-refractivity contribution is 1.19. The molecule has 3 nitrogen and oxygen atoms in total. The summed E-state index contributed by atoms with van der Waals surface area (Å²) in [6, 6.07) is 14.0. The van der Waals surface area contributed by atoms with Gasteiger partial charge in [-0.3, -0.25) is 0 Å². The standard InChI is InChI=1S/C15H11N3S/c1-10-2-3-12(9-16)15(17-10)18-13-4-5-14-11(8-13)6-7-19-14/h2-8H,1H3,(H,17,18). The lowest BCUT2D eigenvalue weighted by Gasteiger charge is -2.08. The van der Waals surface area contributed by atoms with Gasteiger partial charge in [-0.1, -0.05) is 0 Å². The maximum atomic E-state index is 9.10. The van der Waals surface area contributed by atoms with Crippen LogP contribution in [0, 0.1) is 18.3 Å². The van der Waals surface area contributed by atoms with Crippen molar-refractivity contribution in [1.82, 2.24) is 4.98 Å². The topological polar surface area (TPSA) is 48.7 Å². The Morgan fingerprint density at radius 3 is 2.95 bits per heavy atom. The molecule has 3 rings (SSSR count). The number of aromatic nitrogens is 1. The summed E-state index contributed by atoms with van der Waals surface area (Å²) in [6.07, 6.45) is 0. The largest absolute Gasteiger partial charge is 0.339 e. The molecule has 0 saturated heterocycles. The van der Waals surface area contributed by atoms with E-state index in [1.807, 2.05) is 19.1 Å². The van der Waals surface area contributed by atoms with Crippen molar-refractivity contribution in [3.05, 3.63) is 53.0 Å². The van der Waals surface area contributed by atoms with Crippen LogP contribution < -0.4 is 5.32 Å². The van der Waals surface area contributed by atoms with Gasteiger partial charge in [-0.15, -0.1) is 11.3 Å². The van der Waals surface area contributed by atoms with Gasteiger partial charge in [0.2, 0.25) is 0 Å². The van der Waals surface area contributed by atoms with Crippen molar-refractivity contribution in [3.8, 4) is 6.07 Å². The minimum Gasteiger partial charge on any atom is -0.339 e. The maximum absolute atomic E-state index is 9.10. The van der Waals surface area contributed by atoms with E-state index in [1.165, 1.54) is 10.1 Å². The Balaban J connectivity index is 2.00. The van der Waals surface area contributed by atoms with E-state index in [9.17, 15) is 0 Å². The van der Waals surface area contributed by atoms with Gasteiger partial charge < -0.3 is 5.32 Å². The molecule has 0 aliphatic carbocycles. The summed E-state index contributed by atoms with van der Waals surface area (Å²) in [4.78, 5) is 4.38. The SMILES string of the molecule is Cc1ccc(C#N)c(Nc2ccc3sccc3c2)n1. The summed E-state index contributed by atoms with van der Waals surface area (Å²) >= 11 is 1.72. The Hall–Kier alpha value is -2.38.